The van der Waals surface area contributed by atoms with Gasteiger partial charge >= 0.3 is 0 Å². The van der Waals surface area contributed by atoms with E-state index in [0.717, 1.165) is 51.2 Å². The average Bonchev–Trinajstić information content (AvgIpc) is 3.05. The SMILES string of the molecule is N[C@H]1C[C@@H](N2CCC3=C(CNC3)C2)CO[C@@H]1c1cc(F)ccc1F. The average molecular weight is 335 g/mol. The largest absolute Gasteiger partial charge is 0.370 e. The van der Waals surface area contributed by atoms with Crippen molar-refractivity contribution in [1.29, 1.82) is 0 Å². The number of halogens is 2. The second kappa shape index (κ2) is 6.52. The summed E-state index contributed by atoms with van der Waals surface area (Å²) in [6.45, 7) is 4.47. The highest BCUT2D eigenvalue weighted by Gasteiger charge is 2.36. The number of hydrogen-bond acceptors (Lipinski definition) is 4. The molecule has 0 spiro atoms. The molecular formula is C18H23F2N3O. The molecule has 1 aromatic carbocycles. The first-order chi connectivity index (χ1) is 11.6. The normalized spacial score (nSPS) is 31.4. The number of benzene rings is 1. The van der Waals surface area contributed by atoms with Gasteiger partial charge in [0, 0.05) is 43.8 Å². The Morgan fingerprint density at radius 1 is 1.21 bits per heavy atom. The first-order valence-electron chi connectivity index (χ1n) is 8.58. The van der Waals surface area contributed by atoms with Gasteiger partial charge in [-0.3, -0.25) is 4.90 Å². The van der Waals surface area contributed by atoms with Gasteiger partial charge in [0.1, 0.15) is 17.7 Å². The summed E-state index contributed by atoms with van der Waals surface area (Å²) in [7, 11) is 0. The van der Waals surface area contributed by atoms with Crippen LogP contribution in [0.25, 0.3) is 0 Å². The van der Waals surface area contributed by atoms with E-state index in [1.165, 1.54) is 11.6 Å². The van der Waals surface area contributed by atoms with E-state index in [2.05, 4.69) is 10.2 Å². The summed E-state index contributed by atoms with van der Waals surface area (Å²) >= 11 is 0. The molecule has 0 saturated carbocycles. The molecule has 3 aliphatic rings. The Hall–Kier alpha value is -1.34. The fourth-order valence-corrected chi connectivity index (χ4v) is 4.11. The first kappa shape index (κ1) is 16.1. The zero-order valence-electron chi connectivity index (χ0n) is 13.6. The maximum atomic E-state index is 14.0. The summed E-state index contributed by atoms with van der Waals surface area (Å²) in [6.07, 6.45) is 1.25. The van der Waals surface area contributed by atoms with Crippen molar-refractivity contribution in [2.24, 2.45) is 5.73 Å². The van der Waals surface area contributed by atoms with E-state index in [1.807, 2.05) is 0 Å². The highest BCUT2D eigenvalue weighted by Crippen LogP contribution is 2.33. The second-order valence-electron chi connectivity index (χ2n) is 7.00. The molecule has 0 unspecified atom stereocenters. The summed E-state index contributed by atoms with van der Waals surface area (Å²) in [4.78, 5) is 2.42. The van der Waals surface area contributed by atoms with Gasteiger partial charge in [-0.1, -0.05) is 5.57 Å². The topological polar surface area (TPSA) is 50.5 Å². The molecule has 0 bridgehead atoms. The van der Waals surface area contributed by atoms with Crippen LogP contribution in [0.3, 0.4) is 0 Å². The van der Waals surface area contributed by atoms with Gasteiger partial charge in [-0.15, -0.1) is 0 Å². The minimum Gasteiger partial charge on any atom is -0.370 e. The van der Waals surface area contributed by atoms with Gasteiger partial charge in [0.15, 0.2) is 0 Å². The van der Waals surface area contributed by atoms with Crippen LogP contribution < -0.4 is 11.1 Å². The smallest absolute Gasteiger partial charge is 0.129 e. The van der Waals surface area contributed by atoms with Crippen molar-refractivity contribution in [3.05, 3.63) is 46.5 Å². The molecular weight excluding hydrogens is 312 g/mol. The van der Waals surface area contributed by atoms with E-state index >= 15 is 0 Å². The van der Waals surface area contributed by atoms with Gasteiger partial charge < -0.3 is 15.8 Å². The first-order valence-corrected chi connectivity index (χ1v) is 8.58. The minimum atomic E-state index is -0.579. The Labute approximate surface area is 140 Å². The third-order valence-electron chi connectivity index (χ3n) is 5.45. The Morgan fingerprint density at radius 3 is 2.88 bits per heavy atom. The summed E-state index contributed by atoms with van der Waals surface area (Å²) in [5.41, 5.74) is 9.54. The number of ether oxygens (including phenoxy) is 1. The lowest BCUT2D eigenvalue weighted by molar-refractivity contribution is -0.0506. The van der Waals surface area contributed by atoms with E-state index in [1.54, 1.807) is 5.57 Å². The van der Waals surface area contributed by atoms with Gasteiger partial charge in [0.05, 0.1) is 6.61 Å². The molecule has 0 amide bonds. The predicted octanol–water partition coefficient (Wildman–Crippen LogP) is 1.73. The van der Waals surface area contributed by atoms with E-state index in [-0.39, 0.29) is 17.6 Å². The van der Waals surface area contributed by atoms with Gasteiger partial charge in [0.25, 0.3) is 0 Å². The van der Waals surface area contributed by atoms with Gasteiger partial charge in [-0.2, -0.15) is 0 Å². The van der Waals surface area contributed by atoms with Crippen molar-refractivity contribution >= 4 is 0 Å². The third-order valence-corrected chi connectivity index (χ3v) is 5.45. The van der Waals surface area contributed by atoms with Crippen LogP contribution in [0.2, 0.25) is 0 Å². The van der Waals surface area contributed by atoms with Crippen molar-refractivity contribution in [3.8, 4) is 0 Å². The fraction of sp³-hybridized carbons (Fsp3) is 0.556. The highest BCUT2D eigenvalue weighted by atomic mass is 19.1. The van der Waals surface area contributed by atoms with Gasteiger partial charge in [-0.05, 0) is 36.6 Å². The Balaban J connectivity index is 1.44. The van der Waals surface area contributed by atoms with Crippen LogP contribution in [-0.2, 0) is 4.74 Å². The summed E-state index contributed by atoms with van der Waals surface area (Å²) in [6, 6.07) is 3.35. The molecule has 24 heavy (non-hydrogen) atoms. The lowest BCUT2D eigenvalue weighted by atomic mass is 9.92. The molecule has 3 N–H and O–H groups in total. The van der Waals surface area contributed by atoms with E-state index in [9.17, 15) is 8.78 Å². The highest BCUT2D eigenvalue weighted by molar-refractivity contribution is 5.27. The van der Waals surface area contributed by atoms with Crippen LogP contribution in [0.4, 0.5) is 8.78 Å². The summed E-state index contributed by atoms with van der Waals surface area (Å²) in [5.74, 6) is -0.923. The number of nitrogens with two attached hydrogens (primary N) is 1. The lowest BCUT2D eigenvalue weighted by Crippen LogP contribution is -2.51. The molecule has 6 heteroatoms. The van der Waals surface area contributed by atoms with E-state index in [4.69, 9.17) is 10.5 Å². The van der Waals surface area contributed by atoms with Crippen molar-refractivity contribution in [2.45, 2.75) is 31.0 Å². The third kappa shape index (κ3) is 2.99. The van der Waals surface area contributed by atoms with E-state index in [0.29, 0.717) is 6.61 Å². The van der Waals surface area contributed by atoms with Crippen LogP contribution in [0, 0.1) is 11.6 Å². The zero-order chi connectivity index (χ0) is 16.7. The van der Waals surface area contributed by atoms with Crippen molar-refractivity contribution < 1.29 is 13.5 Å². The lowest BCUT2D eigenvalue weighted by Gasteiger charge is -2.42. The molecule has 0 aliphatic carbocycles. The molecule has 3 atom stereocenters. The van der Waals surface area contributed by atoms with Crippen LogP contribution in [0.15, 0.2) is 29.3 Å². The summed E-state index contributed by atoms with van der Waals surface area (Å²) < 4.78 is 33.3. The maximum Gasteiger partial charge on any atom is 0.129 e. The monoisotopic (exact) mass is 335 g/mol. The van der Waals surface area contributed by atoms with Crippen LogP contribution in [0.1, 0.15) is 24.5 Å². The van der Waals surface area contributed by atoms with Crippen molar-refractivity contribution in [2.75, 3.05) is 32.8 Å². The van der Waals surface area contributed by atoms with Gasteiger partial charge in [0.2, 0.25) is 0 Å². The molecule has 4 nitrogen and oxygen atoms in total. The minimum absolute atomic E-state index is 0.226. The molecule has 130 valence electrons. The number of hydrogen-bond donors (Lipinski definition) is 2. The molecule has 0 aromatic heterocycles. The van der Waals surface area contributed by atoms with Gasteiger partial charge in [-0.25, -0.2) is 8.78 Å². The fourth-order valence-electron chi connectivity index (χ4n) is 4.11. The number of nitrogens with zero attached hydrogens (tertiary/aromatic N) is 1. The number of nitrogens with one attached hydrogen (secondary N) is 1. The molecule has 1 fully saturated rings. The molecule has 4 rings (SSSR count). The molecule has 1 saturated heterocycles. The van der Waals surface area contributed by atoms with E-state index < -0.39 is 17.7 Å². The van der Waals surface area contributed by atoms with Crippen LogP contribution >= 0.6 is 0 Å². The quantitative estimate of drug-likeness (QED) is 0.808. The molecule has 0 radical (unpaired) electrons. The maximum absolute atomic E-state index is 14.0. The predicted molar refractivity (Wildman–Crippen MR) is 87.5 cm³/mol. The summed E-state index contributed by atoms with van der Waals surface area (Å²) in [5, 5.41) is 3.40. The Bertz CT molecular complexity index is 664. The zero-order valence-corrected chi connectivity index (χ0v) is 13.6. The van der Waals surface area contributed by atoms with Crippen LogP contribution in [0.5, 0.6) is 0 Å². The molecule has 3 heterocycles. The Morgan fingerprint density at radius 2 is 2.04 bits per heavy atom. The molecule has 1 aromatic rings. The molecule has 3 aliphatic heterocycles. The van der Waals surface area contributed by atoms with Crippen LogP contribution in [-0.4, -0.2) is 49.8 Å². The van der Waals surface area contributed by atoms with Crippen molar-refractivity contribution in [3.63, 3.8) is 0 Å². The second-order valence-corrected chi connectivity index (χ2v) is 7.00. The standard InChI is InChI=1S/C18H23F2N3O/c19-13-1-2-16(20)15(5-13)18-17(21)6-14(10-24-18)23-4-3-11-7-22-8-12(11)9-23/h1-2,5,14,17-18,22H,3-4,6-10,21H2/t14-,17+,18-/m1/s1. The number of rotatable bonds is 2. The van der Waals surface area contributed by atoms with Crippen molar-refractivity contribution in [1.82, 2.24) is 10.2 Å². The Kier molecular flexibility index (Phi) is 4.39.